The average Bonchev–Trinajstić information content (AvgIpc) is 2.52. The maximum atomic E-state index is 11.9. The van der Waals surface area contributed by atoms with Crippen molar-refractivity contribution in [2.45, 2.75) is 17.9 Å². The highest BCUT2D eigenvalue weighted by atomic mass is 32.2. The second-order valence-corrected chi connectivity index (χ2v) is 8.18. The van der Waals surface area contributed by atoms with Crippen molar-refractivity contribution < 1.29 is 21.0 Å². The van der Waals surface area contributed by atoms with Crippen LogP contribution in [0.3, 0.4) is 0 Å². The van der Waals surface area contributed by atoms with Gasteiger partial charge in [-0.2, -0.15) is 8.42 Å². The molecular weight excluding hydrogens is 276 g/mol. The van der Waals surface area contributed by atoms with Crippen molar-refractivity contribution >= 4 is 20.0 Å². The molecule has 1 aromatic rings. The Morgan fingerprint density at radius 2 is 1.78 bits per heavy atom. The fourth-order valence-electron chi connectivity index (χ4n) is 1.92. The van der Waals surface area contributed by atoms with E-state index in [9.17, 15) is 16.8 Å². The first kappa shape index (κ1) is 13.5. The molecule has 5 nitrogen and oxygen atoms in total. The monoisotopic (exact) mass is 290 g/mol. The van der Waals surface area contributed by atoms with Gasteiger partial charge in [-0.3, -0.25) is 4.18 Å². The molecule has 1 fully saturated rings. The molecule has 0 N–H and O–H groups in total. The number of rotatable bonds is 3. The third-order valence-corrected chi connectivity index (χ3v) is 6.07. The first-order chi connectivity index (χ1) is 8.30. The minimum Gasteiger partial charge on any atom is -0.262 e. The van der Waals surface area contributed by atoms with Gasteiger partial charge in [-0.25, -0.2) is 8.42 Å². The van der Waals surface area contributed by atoms with Crippen molar-refractivity contribution in [1.82, 2.24) is 0 Å². The van der Waals surface area contributed by atoms with Crippen LogP contribution >= 0.6 is 0 Å². The lowest BCUT2D eigenvalue weighted by atomic mass is 10.1. The van der Waals surface area contributed by atoms with E-state index in [1.165, 1.54) is 12.1 Å². The molecule has 0 unspecified atom stereocenters. The molecule has 1 aromatic carbocycles. The number of sulfone groups is 1. The van der Waals surface area contributed by atoms with E-state index in [1.807, 2.05) is 0 Å². The van der Waals surface area contributed by atoms with Gasteiger partial charge in [0.15, 0.2) is 9.84 Å². The van der Waals surface area contributed by atoms with Crippen molar-refractivity contribution in [3.63, 3.8) is 0 Å². The molecule has 1 saturated heterocycles. The molecule has 0 amide bonds. The normalized spacial score (nSPS) is 27.2. The van der Waals surface area contributed by atoms with Crippen molar-refractivity contribution in [2.75, 3.05) is 11.5 Å². The molecule has 0 aliphatic carbocycles. The lowest BCUT2D eigenvalue weighted by Crippen LogP contribution is -2.24. The summed E-state index contributed by atoms with van der Waals surface area (Å²) >= 11 is 0. The molecule has 0 aromatic heterocycles. The van der Waals surface area contributed by atoms with E-state index in [4.69, 9.17) is 4.18 Å². The van der Waals surface area contributed by atoms with Crippen LogP contribution in [0.1, 0.15) is 6.92 Å². The van der Waals surface area contributed by atoms with Crippen LogP contribution in [0.15, 0.2) is 35.2 Å². The lowest BCUT2D eigenvalue weighted by Gasteiger charge is -2.14. The van der Waals surface area contributed by atoms with Gasteiger partial charge in [-0.1, -0.05) is 25.1 Å². The van der Waals surface area contributed by atoms with Crippen molar-refractivity contribution in [1.29, 1.82) is 0 Å². The molecule has 1 aliphatic heterocycles. The van der Waals surface area contributed by atoms with Crippen LogP contribution < -0.4 is 0 Å². The van der Waals surface area contributed by atoms with Gasteiger partial charge in [0.05, 0.1) is 22.5 Å². The molecule has 2 rings (SSSR count). The van der Waals surface area contributed by atoms with Crippen LogP contribution in [0.4, 0.5) is 0 Å². The first-order valence-electron chi connectivity index (χ1n) is 5.49. The van der Waals surface area contributed by atoms with E-state index in [0.717, 1.165) is 0 Å². The third-order valence-electron chi connectivity index (χ3n) is 2.85. The summed E-state index contributed by atoms with van der Waals surface area (Å²) in [4.78, 5) is 0.0431. The van der Waals surface area contributed by atoms with Gasteiger partial charge in [0, 0.05) is 0 Å². The number of hydrogen-bond acceptors (Lipinski definition) is 5. The molecule has 0 spiro atoms. The van der Waals surface area contributed by atoms with Gasteiger partial charge in [-0.05, 0) is 18.1 Å². The van der Waals surface area contributed by atoms with E-state index in [1.54, 1.807) is 25.1 Å². The van der Waals surface area contributed by atoms with Gasteiger partial charge in [0.25, 0.3) is 10.1 Å². The van der Waals surface area contributed by atoms with E-state index < -0.39 is 26.1 Å². The molecule has 0 radical (unpaired) electrons. The summed E-state index contributed by atoms with van der Waals surface area (Å²) in [6.45, 7) is 1.68. The van der Waals surface area contributed by atoms with Crippen molar-refractivity contribution in [2.24, 2.45) is 5.92 Å². The Labute approximate surface area is 107 Å². The van der Waals surface area contributed by atoms with Crippen LogP contribution in [-0.4, -0.2) is 34.4 Å². The van der Waals surface area contributed by atoms with Crippen LogP contribution in [0, 0.1) is 5.92 Å². The highest BCUT2D eigenvalue weighted by molar-refractivity contribution is 7.91. The molecule has 7 heteroatoms. The highest BCUT2D eigenvalue weighted by Crippen LogP contribution is 2.25. The van der Waals surface area contributed by atoms with E-state index >= 15 is 0 Å². The Kier molecular flexibility index (Phi) is 3.48. The van der Waals surface area contributed by atoms with Crippen LogP contribution in [0.2, 0.25) is 0 Å². The Hall–Kier alpha value is -0.920. The fraction of sp³-hybridized carbons (Fsp3) is 0.455. The number of hydrogen-bond donors (Lipinski definition) is 0. The second-order valence-electron chi connectivity index (χ2n) is 4.46. The van der Waals surface area contributed by atoms with E-state index in [0.29, 0.717) is 0 Å². The Bertz CT molecular complexity index is 619. The zero-order valence-electron chi connectivity index (χ0n) is 9.81. The fourth-order valence-corrected chi connectivity index (χ4v) is 5.24. The highest BCUT2D eigenvalue weighted by Gasteiger charge is 2.38. The van der Waals surface area contributed by atoms with E-state index in [2.05, 4.69) is 0 Å². The molecule has 0 saturated carbocycles. The summed E-state index contributed by atoms with van der Waals surface area (Å²) < 4.78 is 51.7. The van der Waals surface area contributed by atoms with Crippen molar-refractivity contribution in [3.8, 4) is 0 Å². The summed E-state index contributed by atoms with van der Waals surface area (Å²) in [6.07, 6.45) is -0.791. The topological polar surface area (TPSA) is 77.5 Å². The molecule has 100 valence electrons. The minimum absolute atomic E-state index is 0.0258. The maximum Gasteiger partial charge on any atom is 0.297 e. The van der Waals surface area contributed by atoms with Gasteiger partial charge in [-0.15, -0.1) is 0 Å². The summed E-state index contributed by atoms with van der Waals surface area (Å²) in [5.74, 6) is -0.573. The summed E-state index contributed by atoms with van der Waals surface area (Å²) in [7, 11) is -7.08. The van der Waals surface area contributed by atoms with Crippen LogP contribution in [-0.2, 0) is 24.1 Å². The zero-order chi connectivity index (χ0) is 13.4. The lowest BCUT2D eigenvalue weighted by molar-refractivity contribution is 0.192. The minimum atomic E-state index is -3.89. The van der Waals surface area contributed by atoms with Gasteiger partial charge < -0.3 is 0 Å². The Balaban J connectivity index is 2.20. The van der Waals surface area contributed by atoms with Crippen LogP contribution in [0.25, 0.3) is 0 Å². The van der Waals surface area contributed by atoms with Gasteiger partial charge in [0.2, 0.25) is 0 Å². The SMILES string of the molecule is C[C@@H]1CS(=O)(=O)C[C@@H]1OS(=O)(=O)c1ccccc1. The first-order valence-corrected chi connectivity index (χ1v) is 8.72. The summed E-state index contributed by atoms with van der Waals surface area (Å²) in [6, 6.07) is 7.71. The predicted molar refractivity (Wildman–Crippen MR) is 66.3 cm³/mol. The molecular formula is C11H14O5S2. The molecule has 0 bridgehead atoms. The smallest absolute Gasteiger partial charge is 0.262 e. The number of benzene rings is 1. The molecule has 2 atom stereocenters. The zero-order valence-corrected chi connectivity index (χ0v) is 11.4. The summed E-state index contributed by atoms with van der Waals surface area (Å²) in [5.41, 5.74) is 0. The Morgan fingerprint density at radius 1 is 1.17 bits per heavy atom. The van der Waals surface area contributed by atoms with Gasteiger partial charge in [0.1, 0.15) is 0 Å². The van der Waals surface area contributed by atoms with Gasteiger partial charge >= 0.3 is 0 Å². The standard InChI is InChI=1S/C11H14O5S2/c1-9-7-17(12,13)8-11(9)16-18(14,15)10-5-3-2-4-6-10/h2-6,9,11H,7-8H2,1H3/t9-,11+/m1/s1. The largest absolute Gasteiger partial charge is 0.297 e. The third kappa shape index (κ3) is 2.90. The predicted octanol–water partition coefficient (Wildman–Crippen LogP) is 0.825. The van der Waals surface area contributed by atoms with Crippen LogP contribution in [0.5, 0.6) is 0 Å². The van der Waals surface area contributed by atoms with Crippen molar-refractivity contribution in [3.05, 3.63) is 30.3 Å². The maximum absolute atomic E-state index is 11.9. The molecule has 1 aliphatic rings. The molecule has 1 heterocycles. The van der Waals surface area contributed by atoms with E-state index in [-0.39, 0.29) is 22.3 Å². The molecule has 18 heavy (non-hydrogen) atoms. The quantitative estimate of drug-likeness (QED) is 0.770. The second kappa shape index (κ2) is 4.64. The Morgan fingerprint density at radius 3 is 2.28 bits per heavy atom. The summed E-state index contributed by atoms with van der Waals surface area (Å²) in [5, 5.41) is 0. The average molecular weight is 290 g/mol.